The molecular formula is C18H22N6O. The second-order valence-corrected chi connectivity index (χ2v) is 5.54. The number of aromatic amines is 1. The van der Waals surface area contributed by atoms with Gasteiger partial charge in [0.2, 0.25) is 5.91 Å². The van der Waals surface area contributed by atoms with E-state index in [1.807, 2.05) is 18.2 Å². The Labute approximate surface area is 147 Å². The molecule has 1 heterocycles. The number of rotatable bonds is 6. The lowest BCUT2D eigenvalue weighted by atomic mass is 10.2. The molecule has 0 radical (unpaired) electrons. The first-order valence-electron chi connectivity index (χ1n) is 8.16. The summed E-state index contributed by atoms with van der Waals surface area (Å²) in [6.07, 6.45) is 1.64. The van der Waals surface area contributed by atoms with E-state index in [0.717, 1.165) is 24.5 Å². The van der Waals surface area contributed by atoms with Crippen molar-refractivity contribution in [3.05, 3.63) is 35.7 Å². The number of amides is 1. The first-order chi connectivity index (χ1) is 12.0. The van der Waals surface area contributed by atoms with Crippen molar-refractivity contribution in [1.82, 2.24) is 4.98 Å². The molecule has 1 aromatic heterocycles. The number of anilines is 2. The smallest absolute Gasteiger partial charge is 0.221 e. The van der Waals surface area contributed by atoms with E-state index in [9.17, 15) is 10.1 Å². The van der Waals surface area contributed by atoms with Crippen molar-refractivity contribution in [1.29, 1.82) is 5.26 Å². The Hall–Kier alpha value is -3.14. The number of hydrogen-bond acceptors (Lipinski definition) is 5. The molecule has 1 aromatic carbocycles. The lowest BCUT2D eigenvalue weighted by Crippen LogP contribution is -2.21. The predicted octanol–water partition coefficient (Wildman–Crippen LogP) is 4.41. The van der Waals surface area contributed by atoms with Gasteiger partial charge in [-0.15, -0.1) is 10.2 Å². The van der Waals surface area contributed by atoms with Gasteiger partial charge in [0.1, 0.15) is 17.4 Å². The highest BCUT2D eigenvalue weighted by molar-refractivity contribution is 5.93. The van der Waals surface area contributed by atoms with Gasteiger partial charge in [0.25, 0.3) is 0 Å². The fraction of sp³-hybridized carbons (Fsp3) is 0.333. The zero-order chi connectivity index (χ0) is 18.4. The molecule has 0 spiro atoms. The molecule has 25 heavy (non-hydrogen) atoms. The molecule has 7 nitrogen and oxygen atoms in total. The number of nitrogens with zero attached hydrogens (tertiary/aromatic N) is 4. The number of carbonyl (C=O) groups excluding carboxylic acids is 1. The van der Waals surface area contributed by atoms with Crippen LogP contribution in [0.2, 0.25) is 0 Å². The van der Waals surface area contributed by atoms with Crippen LogP contribution in [0.1, 0.15) is 32.0 Å². The van der Waals surface area contributed by atoms with Crippen LogP contribution in [0.4, 0.5) is 22.7 Å². The molecule has 0 aliphatic heterocycles. The number of aromatic nitrogens is 1. The summed E-state index contributed by atoms with van der Waals surface area (Å²) in [6, 6.07) is 7.75. The van der Waals surface area contributed by atoms with Crippen LogP contribution in [0.3, 0.4) is 0 Å². The maximum absolute atomic E-state index is 11.5. The highest BCUT2D eigenvalue weighted by Gasteiger charge is 2.10. The van der Waals surface area contributed by atoms with Crippen LogP contribution in [-0.4, -0.2) is 24.0 Å². The molecule has 0 atom stereocenters. The van der Waals surface area contributed by atoms with E-state index in [-0.39, 0.29) is 5.91 Å². The third-order valence-electron chi connectivity index (χ3n) is 3.85. The molecule has 2 rings (SSSR count). The highest BCUT2D eigenvalue weighted by atomic mass is 16.1. The van der Waals surface area contributed by atoms with E-state index >= 15 is 0 Å². The summed E-state index contributed by atoms with van der Waals surface area (Å²) in [5, 5.41) is 20.4. The summed E-state index contributed by atoms with van der Waals surface area (Å²) in [5.41, 5.74) is 3.81. The summed E-state index contributed by atoms with van der Waals surface area (Å²) < 4.78 is 0. The average Bonchev–Trinajstić information content (AvgIpc) is 2.94. The van der Waals surface area contributed by atoms with Crippen LogP contribution in [-0.2, 0) is 4.79 Å². The van der Waals surface area contributed by atoms with Gasteiger partial charge in [-0.25, -0.2) is 0 Å². The van der Waals surface area contributed by atoms with E-state index in [4.69, 9.17) is 0 Å². The number of benzene rings is 1. The second-order valence-electron chi connectivity index (χ2n) is 5.54. The molecular weight excluding hydrogens is 316 g/mol. The Morgan fingerprint density at radius 3 is 2.56 bits per heavy atom. The Bertz CT molecular complexity index is 827. The maximum Gasteiger partial charge on any atom is 0.221 e. The Kier molecular flexibility index (Phi) is 5.90. The third-order valence-corrected chi connectivity index (χ3v) is 3.85. The largest absolute Gasteiger partial charge is 0.372 e. The summed E-state index contributed by atoms with van der Waals surface area (Å²) in [7, 11) is 0. The number of nitriles is 1. The normalized spacial score (nSPS) is 10.7. The number of nitrogens with one attached hydrogen (secondary N) is 2. The molecule has 0 bridgehead atoms. The third kappa shape index (κ3) is 4.23. The average molecular weight is 338 g/mol. The number of hydrogen-bond donors (Lipinski definition) is 2. The molecule has 2 aromatic rings. The molecule has 1 amide bonds. The number of carbonyl (C=O) groups is 1. The molecule has 0 unspecified atom stereocenters. The van der Waals surface area contributed by atoms with E-state index in [1.165, 1.54) is 6.92 Å². The van der Waals surface area contributed by atoms with Crippen molar-refractivity contribution in [3.8, 4) is 6.07 Å². The predicted molar refractivity (Wildman–Crippen MR) is 98.7 cm³/mol. The molecule has 7 heteroatoms. The molecule has 130 valence electrons. The highest BCUT2D eigenvalue weighted by Crippen LogP contribution is 2.32. The zero-order valence-corrected chi connectivity index (χ0v) is 14.9. The van der Waals surface area contributed by atoms with Crippen molar-refractivity contribution >= 4 is 28.7 Å². The maximum atomic E-state index is 11.5. The number of aryl methyl sites for hydroxylation is 1. The minimum Gasteiger partial charge on any atom is -0.372 e. The van der Waals surface area contributed by atoms with E-state index in [0.29, 0.717) is 22.6 Å². The number of H-pyrrole nitrogens is 1. The molecule has 0 aliphatic rings. The molecule has 0 saturated carbocycles. The van der Waals surface area contributed by atoms with Crippen molar-refractivity contribution in [2.45, 2.75) is 27.7 Å². The summed E-state index contributed by atoms with van der Waals surface area (Å²) >= 11 is 0. The summed E-state index contributed by atoms with van der Waals surface area (Å²) in [5.74, 6) is -0.177. The standard InChI is InChI=1S/C18H22N6O/c1-5-24(6-2)14-7-8-16(17(9-14)21-13(4)25)22-23-18-11-20-12(3)15(18)10-19/h7-9,11,20H,5-6H2,1-4H3,(H,21,25). The van der Waals surface area contributed by atoms with Crippen molar-refractivity contribution in [3.63, 3.8) is 0 Å². The van der Waals surface area contributed by atoms with Crippen molar-refractivity contribution in [2.24, 2.45) is 10.2 Å². The van der Waals surface area contributed by atoms with Crippen LogP contribution in [0.25, 0.3) is 0 Å². The summed E-state index contributed by atoms with van der Waals surface area (Å²) in [6.45, 7) is 9.14. The molecule has 2 N–H and O–H groups in total. The second kappa shape index (κ2) is 8.11. The van der Waals surface area contributed by atoms with E-state index in [1.54, 1.807) is 13.1 Å². The fourth-order valence-electron chi connectivity index (χ4n) is 2.53. The van der Waals surface area contributed by atoms with Crippen LogP contribution >= 0.6 is 0 Å². The van der Waals surface area contributed by atoms with Gasteiger partial charge in [0, 0.05) is 37.6 Å². The van der Waals surface area contributed by atoms with Crippen LogP contribution in [0.15, 0.2) is 34.6 Å². The number of azo groups is 1. The molecule has 0 saturated heterocycles. The Morgan fingerprint density at radius 2 is 1.96 bits per heavy atom. The van der Waals surface area contributed by atoms with Gasteiger partial charge in [-0.1, -0.05) is 0 Å². The quantitative estimate of drug-likeness (QED) is 0.763. The molecule has 0 fully saturated rings. The van der Waals surface area contributed by atoms with Crippen molar-refractivity contribution < 1.29 is 4.79 Å². The van der Waals surface area contributed by atoms with E-state index in [2.05, 4.69) is 45.3 Å². The van der Waals surface area contributed by atoms with Crippen molar-refractivity contribution in [2.75, 3.05) is 23.3 Å². The topological polar surface area (TPSA) is 96.6 Å². The Balaban J connectivity index is 2.40. The lowest BCUT2D eigenvalue weighted by molar-refractivity contribution is -0.114. The van der Waals surface area contributed by atoms with Crippen LogP contribution in [0.5, 0.6) is 0 Å². The first-order valence-corrected chi connectivity index (χ1v) is 8.16. The van der Waals surface area contributed by atoms with Crippen LogP contribution in [0, 0.1) is 18.3 Å². The monoisotopic (exact) mass is 338 g/mol. The van der Waals surface area contributed by atoms with Gasteiger partial charge in [-0.05, 0) is 39.0 Å². The lowest BCUT2D eigenvalue weighted by Gasteiger charge is -2.22. The zero-order valence-electron chi connectivity index (χ0n) is 14.9. The van der Waals surface area contributed by atoms with Gasteiger partial charge >= 0.3 is 0 Å². The van der Waals surface area contributed by atoms with Crippen LogP contribution < -0.4 is 10.2 Å². The van der Waals surface area contributed by atoms with Gasteiger partial charge in [-0.3, -0.25) is 4.79 Å². The van der Waals surface area contributed by atoms with Gasteiger partial charge < -0.3 is 15.2 Å². The minimum atomic E-state index is -0.177. The SMILES string of the molecule is CCN(CC)c1ccc(N=Nc2c[nH]c(C)c2C#N)c(NC(C)=O)c1. The van der Waals surface area contributed by atoms with Gasteiger partial charge in [0.15, 0.2) is 0 Å². The fourth-order valence-corrected chi connectivity index (χ4v) is 2.53. The van der Waals surface area contributed by atoms with Gasteiger partial charge in [0.05, 0.1) is 11.3 Å². The minimum absolute atomic E-state index is 0.177. The first kappa shape index (κ1) is 18.2. The molecule has 0 aliphatic carbocycles. The van der Waals surface area contributed by atoms with Gasteiger partial charge in [-0.2, -0.15) is 5.26 Å². The Morgan fingerprint density at radius 1 is 1.28 bits per heavy atom. The van der Waals surface area contributed by atoms with E-state index < -0.39 is 0 Å². The summed E-state index contributed by atoms with van der Waals surface area (Å²) in [4.78, 5) is 16.7.